The molecule has 0 radical (unpaired) electrons. The molecule has 164 valence electrons. The highest BCUT2D eigenvalue weighted by Gasteiger charge is 2.16. The molecule has 3 aromatic rings. The molecule has 9 heteroatoms. The Morgan fingerprint density at radius 2 is 1.71 bits per heavy atom. The minimum atomic E-state index is 0.526. The van der Waals surface area contributed by atoms with E-state index in [1.54, 1.807) is 38.1 Å². The van der Waals surface area contributed by atoms with Crippen molar-refractivity contribution < 1.29 is 14.2 Å². The zero-order valence-corrected chi connectivity index (χ0v) is 20.2. The Kier molecular flexibility index (Phi) is 7.64. The summed E-state index contributed by atoms with van der Waals surface area (Å²) < 4.78 is 18.1. The molecule has 0 unspecified atom stereocenters. The van der Waals surface area contributed by atoms with Gasteiger partial charge in [0.1, 0.15) is 0 Å². The summed E-state index contributed by atoms with van der Waals surface area (Å²) in [6, 6.07) is 9.06. The van der Waals surface area contributed by atoms with Crippen LogP contribution in [0.1, 0.15) is 19.4 Å². The molecule has 0 saturated heterocycles. The third-order valence-electron chi connectivity index (χ3n) is 4.52. The van der Waals surface area contributed by atoms with Crippen LogP contribution in [0.25, 0.3) is 11.3 Å². The molecule has 3 rings (SSSR count). The molecule has 31 heavy (non-hydrogen) atoms. The van der Waals surface area contributed by atoms with Gasteiger partial charge in [-0.15, -0.1) is 11.3 Å². The molecule has 6 nitrogen and oxygen atoms in total. The van der Waals surface area contributed by atoms with Crippen molar-refractivity contribution in [3.63, 3.8) is 0 Å². The minimum Gasteiger partial charge on any atom is -0.493 e. The van der Waals surface area contributed by atoms with Gasteiger partial charge >= 0.3 is 0 Å². The molecule has 0 N–H and O–H groups in total. The standard InChI is InChI=1S/C22H23Cl2N3O3S/c1-6-25-22-27(18(12-31-22)16-11-15(23)7-8-17(16)24)26-13(2)14-9-19(28-3)21(30-5)20(10-14)29-4/h7-12H,6H2,1-5H3. The number of aromatic nitrogens is 1. The first-order valence-corrected chi connectivity index (χ1v) is 11.1. The van der Waals surface area contributed by atoms with Crippen LogP contribution in [-0.2, 0) is 0 Å². The number of rotatable bonds is 7. The van der Waals surface area contributed by atoms with Gasteiger partial charge in [0.2, 0.25) is 10.6 Å². The SMILES string of the molecule is CCN=c1scc(-c2cc(Cl)ccc2Cl)n1N=C(C)c1cc(OC)c(OC)c(OC)c1. The van der Waals surface area contributed by atoms with E-state index in [0.29, 0.717) is 33.8 Å². The van der Waals surface area contributed by atoms with E-state index in [1.165, 1.54) is 11.3 Å². The van der Waals surface area contributed by atoms with Crippen molar-refractivity contribution in [3.8, 4) is 28.5 Å². The van der Waals surface area contributed by atoms with Crippen LogP contribution >= 0.6 is 34.5 Å². The lowest BCUT2D eigenvalue weighted by molar-refractivity contribution is 0.324. The van der Waals surface area contributed by atoms with Gasteiger partial charge in [0.05, 0.1) is 37.8 Å². The highest BCUT2D eigenvalue weighted by molar-refractivity contribution is 7.07. The van der Waals surface area contributed by atoms with Crippen molar-refractivity contribution in [2.45, 2.75) is 13.8 Å². The van der Waals surface area contributed by atoms with Gasteiger partial charge in [-0.05, 0) is 44.2 Å². The van der Waals surface area contributed by atoms with Crippen molar-refractivity contribution in [2.24, 2.45) is 10.1 Å². The van der Waals surface area contributed by atoms with Crippen molar-refractivity contribution in [1.82, 2.24) is 4.68 Å². The first-order valence-electron chi connectivity index (χ1n) is 9.45. The molecule has 0 saturated carbocycles. The molecule has 1 heterocycles. The Balaban J connectivity index is 2.21. The number of hydrogen-bond donors (Lipinski definition) is 0. The predicted molar refractivity (Wildman–Crippen MR) is 128 cm³/mol. The van der Waals surface area contributed by atoms with Gasteiger partial charge in [-0.25, -0.2) is 4.68 Å². The molecule has 0 fully saturated rings. The van der Waals surface area contributed by atoms with Crippen LogP contribution in [0.3, 0.4) is 0 Å². The molecular formula is C22H23Cl2N3O3S. The second kappa shape index (κ2) is 10.2. The van der Waals surface area contributed by atoms with Crippen molar-refractivity contribution >= 4 is 40.3 Å². The highest BCUT2D eigenvalue weighted by atomic mass is 35.5. The fourth-order valence-corrected chi connectivity index (χ4v) is 4.29. The Bertz CT molecular complexity index is 1160. The van der Waals surface area contributed by atoms with Gasteiger partial charge in [-0.2, -0.15) is 5.10 Å². The topological polar surface area (TPSA) is 57.3 Å². The number of ether oxygens (including phenoxy) is 3. The maximum atomic E-state index is 6.46. The van der Waals surface area contributed by atoms with Gasteiger partial charge in [0.25, 0.3) is 0 Å². The first kappa shape index (κ1) is 23.2. The average Bonchev–Trinajstić information content (AvgIpc) is 3.16. The monoisotopic (exact) mass is 479 g/mol. The van der Waals surface area contributed by atoms with Crippen LogP contribution < -0.4 is 19.0 Å². The third kappa shape index (κ3) is 4.89. The predicted octanol–water partition coefficient (Wildman–Crippen LogP) is 5.74. The van der Waals surface area contributed by atoms with E-state index in [9.17, 15) is 0 Å². The average molecular weight is 480 g/mol. The van der Waals surface area contributed by atoms with E-state index >= 15 is 0 Å². The lowest BCUT2D eigenvalue weighted by Gasteiger charge is -2.14. The lowest BCUT2D eigenvalue weighted by atomic mass is 10.1. The summed E-state index contributed by atoms with van der Waals surface area (Å²) in [5.41, 5.74) is 3.13. The normalized spacial score (nSPS) is 12.2. The summed E-state index contributed by atoms with van der Waals surface area (Å²) in [6.07, 6.45) is 0. The smallest absolute Gasteiger partial charge is 0.206 e. The number of methoxy groups -OCH3 is 3. The van der Waals surface area contributed by atoms with Crippen molar-refractivity contribution in [3.05, 3.63) is 56.1 Å². The van der Waals surface area contributed by atoms with Gasteiger partial charge in [0, 0.05) is 28.1 Å². The quantitative estimate of drug-likeness (QED) is 0.405. The van der Waals surface area contributed by atoms with Gasteiger partial charge in [-0.1, -0.05) is 23.2 Å². The van der Waals surface area contributed by atoms with E-state index in [1.807, 2.05) is 37.4 Å². The fraction of sp³-hybridized carbons (Fsp3) is 0.273. The number of halogens is 2. The maximum absolute atomic E-state index is 6.46. The molecule has 0 atom stereocenters. The number of hydrogen-bond acceptors (Lipinski definition) is 6. The maximum Gasteiger partial charge on any atom is 0.206 e. The van der Waals surface area contributed by atoms with Crippen LogP contribution in [0.5, 0.6) is 17.2 Å². The van der Waals surface area contributed by atoms with E-state index < -0.39 is 0 Å². The molecule has 0 amide bonds. The first-order chi connectivity index (χ1) is 14.9. The highest BCUT2D eigenvalue weighted by Crippen LogP contribution is 2.38. The van der Waals surface area contributed by atoms with Crippen LogP contribution in [-0.4, -0.2) is 38.3 Å². The zero-order chi connectivity index (χ0) is 22.5. The van der Waals surface area contributed by atoms with Gasteiger partial charge in [-0.3, -0.25) is 4.99 Å². The minimum absolute atomic E-state index is 0.526. The largest absolute Gasteiger partial charge is 0.493 e. The van der Waals surface area contributed by atoms with Gasteiger partial charge < -0.3 is 14.2 Å². The molecule has 0 bridgehead atoms. The van der Waals surface area contributed by atoms with E-state index in [4.69, 9.17) is 42.5 Å². The number of nitrogens with zero attached hydrogens (tertiary/aromatic N) is 3. The molecule has 0 spiro atoms. The third-order valence-corrected chi connectivity index (χ3v) is 5.93. The molecule has 0 aliphatic rings. The molecule has 2 aromatic carbocycles. The van der Waals surface area contributed by atoms with E-state index in [-0.39, 0.29) is 0 Å². The van der Waals surface area contributed by atoms with Crippen molar-refractivity contribution in [2.75, 3.05) is 27.9 Å². The van der Waals surface area contributed by atoms with E-state index in [2.05, 4.69) is 4.99 Å². The van der Waals surface area contributed by atoms with Gasteiger partial charge in [0.15, 0.2) is 11.5 Å². The van der Waals surface area contributed by atoms with Crippen LogP contribution in [0.4, 0.5) is 0 Å². The van der Waals surface area contributed by atoms with Crippen LogP contribution in [0, 0.1) is 0 Å². The summed E-state index contributed by atoms with van der Waals surface area (Å²) >= 11 is 14.2. The summed E-state index contributed by atoms with van der Waals surface area (Å²) in [6.45, 7) is 4.51. The summed E-state index contributed by atoms with van der Waals surface area (Å²) in [4.78, 5) is 5.33. The number of thiazole rings is 1. The Morgan fingerprint density at radius 1 is 1.03 bits per heavy atom. The molecule has 1 aromatic heterocycles. The lowest BCUT2D eigenvalue weighted by Crippen LogP contribution is -2.14. The van der Waals surface area contributed by atoms with Crippen molar-refractivity contribution in [1.29, 1.82) is 0 Å². The molecule has 0 aliphatic carbocycles. The summed E-state index contributed by atoms with van der Waals surface area (Å²) in [5, 5.41) is 8.00. The summed E-state index contributed by atoms with van der Waals surface area (Å²) in [5.74, 6) is 1.63. The molecular weight excluding hydrogens is 457 g/mol. The number of benzene rings is 2. The molecule has 0 aliphatic heterocycles. The summed E-state index contributed by atoms with van der Waals surface area (Å²) in [7, 11) is 4.74. The van der Waals surface area contributed by atoms with Crippen LogP contribution in [0.2, 0.25) is 10.0 Å². The second-order valence-corrected chi connectivity index (χ2v) is 8.09. The second-order valence-electron chi connectivity index (χ2n) is 6.41. The Morgan fingerprint density at radius 3 is 2.29 bits per heavy atom. The Hall–Kier alpha value is -2.48. The zero-order valence-electron chi connectivity index (χ0n) is 17.9. The van der Waals surface area contributed by atoms with E-state index in [0.717, 1.165) is 27.3 Å². The fourth-order valence-electron chi connectivity index (χ4n) is 3.02. The Labute approximate surface area is 195 Å². The van der Waals surface area contributed by atoms with Crippen LogP contribution in [0.15, 0.2) is 45.8 Å².